The van der Waals surface area contributed by atoms with Crippen LogP contribution in [-0.4, -0.2) is 43.5 Å². The van der Waals surface area contributed by atoms with Crippen LogP contribution in [0.4, 0.5) is 16.6 Å². The Morgan fingerprint density at radius 2 is 2.20 bits per heavy atom. The molecule has 1 aliphatic heterocycles. The van der Waals surface area contributed by atoms with Gasteiger partial charge in [0.05, 0.1) is 12.1 Å². The van der Waals surface area contributed by atoms with Crippen molar-refractivity contribution in [3.05, 3.63) is 24.4 Å². The van der Waals surface area contributed by atoms with Gasteiger partial charge in [-0.1, -0.05) is 13.8 Å². The summed E-state index contributed by atoms with van der Waals surface area (Å²) in [7, 11) is 0. The average Bonchev–Trinajstić information content (AvgIpc) is 3.21. The Hall–Kier alpha value is -2.71. The number of aryl methyl sites for hydroxylation is 1. The topological polar surface area (TPSA) is 98.1 Å². The molecule has 2 aromatic heterocycles. The number of nitrogens with one attached hydrogen (secondary N) is 1. The molecule has 1 aliphatic rings. The number of nitrogens with zero attached hydrogens (tertiary/aromatic N) is 6. The molecule has 1 fully saturated rings. The fourth-order valence-electron chi connectivity index (χ4n) is 2.84. The SMILES string of the molecule is CCn1cnnc1C(C)Nc1nccc(N2C(=O)OCC2C(C)C)n1. The summed E-state index contributed by atoms with van der Waals surface area (Å²) in [4.78, 5) is 22.4. The smallest absolute Gasteiger partial charge is 0.415 e. The summed E-state index contributed by atoms with van der Waals surface area (Å²) in [6.45, 7) is 9.26. The van der Waals surface area contributed by atoms with Crippen molar-refractivity contribution in [3.8, 4) is 0 Å². The van der Waals surface area contributed by atoms with Gasteiger partial charge in [-0.3, -0.25) is 4.90 Å². The molecule has 3 heterocycles. The highest BCUT2D eigenvalue weighted by Crippen LogP contribution is 2.26. The Balaban J connectivity index is 1.81. The summed E-state index contributed by atoms with van der Waals surface area (Å²) in [6.07, 6.45) is 2.95. The molecule has 2 aromatic rings. The second kappa shape index (κ2) is 7.04. The second-order valence-corrected chi connectivity index (χ2v) is 6.34. The molecule has 3 rings (SSSR count). The van der Waals surface area contributed by atoms with Crippen LogP contribution >= 0.6 is 0 Å². The quantitative estimate of drug-likeness (QED) is 0.857. The predicted octanol–water partition coefficient (Wildman–Crippen LogP) is 2.24. The highest BCUT2D eigenvalue weighted by Gasteiger charge is 2.37. The van der Waals surface area contributed by atoms with Crippen molar-refractivity contribution in [2.75, 3.05) is 16.8 Å². The van der Waals surface area contributed by atoms with Gasteiger partial charge in [-0.25, -0.2) is 9.78 Å². The molecule has 2 unspecified atom stereocenters. The van der Waals surface area contributed by atoms with E-state index >= 15 is 0 Å². The highest BCUT2D eigenvalue weighted by molar-refractivity contribution is 5.89. The predicted molar refractivity (Wildman–Crippen MR) is 92.2 cm³/mol. The van der Waals surface area contributed by atoms with Crippen molar-refractivity contribution >= 4 is 17.9 Å². The van der Waals surface area contributed by atoms with Crippen molar-refractivity contribution in [3.63, 3.8) is 0 Å². The van der Waals surface area contributed by atoms with Gasteiger partial charge in [0, 0.05) is 12.7 Å². The van der Waals surface area contributed by atoms with Crippen LogP contribution in [0.15, 0.2) is 18.6 Å². The molecule has 0 aliphatic carbocycles. The van der Waals surface area contributed by atoms with Crippen molar-refractivity contribution in [2.45, 2.75) is 46.3 Å². The van der Waals surface area contributed by atoms with Crippen LogP contribution in [0.2, 0.25) is 0 Å². The highest BCUT2D eigenvalue weighted by atomic mass is 16.6. The van der Waals surface area contributed by atoms with Crippen LogP contribution < -0.4 is 10.2 Å². The number of hydrogen-bond acceptors (Lipinski definition) is 7. The van der Waals surface area contributed by atoms with Crippen LogP contribution in [0.3, 0.4) is 0 Å². The average molecular weight is 345 g/mol. The van der Waals surface area contributed by atoms with E-state index in [9.17, 15) is 4.79 Å². The number of carbonyl (C=O) groups excluding carboxylic acids is 1. The minimum atomic E-state index is -0.373. The van der Waals surface area contributed by atoms with Crippen LogP contribution in [0.1, 0.15) is 39.6 Å². The molecule has 0 aromatic carbocycles. The molecule has 9 heteroatoms. The van der Waals surface area contributed by atoms with Gasteiger partial charge in [-0.15, -0.1) is 10.2 Å². The molecule has 25 heavy (non-hydrogen) atoms. The fraction of sp³-hybridized carbons (Fsp3) is 0.562. The molecule has 0 spiro atoms. The lowest BCUT2D eigenvalue weighted by molar-refractivity contribution is 0.177. The lowest BCUT2D eigenvalue weighted by Gasteiger charge is -2.23. The molecule has 1 saturated heterocycles. The van der Waals surface area contributed by atoms with Gasteiger partial charge in [-0.05, 0) is 25.8 Å². The molecular weight excluding hydrogens is 322 g/mol. The van der Waals surface area contributed by atoms with Crippen molar-refractivity contribution in [1.82, 2.24) is 24.7 Å². The molecule has 0 bridgehead atoms. The number of anilines is 2. The number of ether oxygens (including phenoxy) is 1. The van der Waals surface area contributed by atoms with E-state index in [0.29, 0.717) is 18.4 Å². The normalized spacial score (nSPS) is 18.5. The minimum absolute atomic E-state index is 0.0316. The van der Waals surface area contributed by atoms with Crippen LogP contribution in [0, 0.1) is 5.92 Å². The standard InChI is InChI=1S/C16H23N7O2/c1-5-22-9-18-21-14(22)11(4)19-15-17-7-6-13(20-15)23-12(10(2)3)8-25-16(23)24/h6-7,9-12H,5,8H2,1-4H3,(H,17,19,20). The van der Waals surface area contributed by atoms with Crippen molar-refractivity contribution in [2.24, 2.45) is 5.92 Å². The Labute approximate surface area is 146 Å². The number of rotatable bonds is 6. The monoisotopic (exact) mass is 345 g/mol. The number of amides is 1. The summed E-state index contributed by atoms with van der Waals surface area (Å²) in [5.41, 5.74) is 0. The van der Waals surface area contributed by atoms with Gasteiger partial charge in [0.15, 0.2) is 5.82 Å². The number of carbonyl (C=O) groups is 1. The van der Waals surface area contributed by atoms with Crippen molar-refractivity contribution < 1.29 is 9.53 Å². The number of aromatic nitrogens is 5. The molecule has 1 amide bonds. The van der Waals surface area contributed by atoms with E-state index in [1.54, 1.807) is 23.5 Å². The third kappa shape index (κ3) is 3.40. The maximum absolute atomic E-state index is 12.1. The van der Waals surface area contributed by atoms with Gasteiger partial charge in [0.1, 0.15) is 18.8 Å². The van der Waals surface area contributed by atoms with E-state index in [2.05, 4.69) is 39.3 Å². The number of hydrogen-bond donors (Lipinski definition) is 1. The van der Waals surface area contributed by atoms with Crippen LogP contribution in [0.5, 0.6) is 0 Å². The van der Waals surface area contributed by atoms with Gasteiger partial charge < -0.3 is 14.6 Å². The summed E-state index contributed by atoms with van der Waals surface area (Å²) >= 11 is 0. The maximum Gasteiger partial charge on any atom is 0.415 e. The van der Waals surface area contributed by atoms with Gasteiger partial charge in [0.2, 0.25) is 5.95 Å². The third-order valence-electron chi connectivity index (χ3n) is 4.28. The summed E-state index contributed by atoms with van der Waals surface area (Å²) < 4.78 is 7.14. The summed E-state index contributed by atoms with van der Waals surface area (Å²) in [5.74, 6) is 2.03. The zero-order valence-corrected chi connectivity index (χ0v) is 14.9. The number of cyclic esters (lactones) is 1. The van der Waals surface area contributed by atoms with E-state index in [0.717, 1.165) is 12.4 Å². The molecule has 2 atom stereocenters. The van der Waals surface area contributed by atoms with E-state index in [4.69, 9.17) is 4.74 Å². The van der Waals surface area contributed by atoms with Crippen molar-refractivity contribution in [1.29, 1.82) is 0 Å². The first-order valence-electron chi connectivity index (χ1n) is 8.44. The third-order valence-corrected chi connectivity index (χ3v) is 4.28. The lowest BCUT2D eigenvalue weighted by Crippen LogP contribution is -2.37. The zero-order chi connectivity index (χ0) is 18.0. The Morgan fingerprint density at radius 1 is 1.40 bits per heavy atom. The van der Waals surface area contributed by atoms with Gasteiger partial charge >= 0.3 is 6.09 Å². The molecule has 0 saturated carbocycles. The maximum atomic E-state index is 12.1. The molecule has 134 valence electrons. The van der Waals surface area contributed by atoms with Crippen LogP contribution in [0.25, 0.3) is 0 Å². The summed E-state index contributed by atoms with van der Waals surface area (Å²) in [6, 6.07) is 1.56. The van der Waals surface area contributed by atoms with E-state index < -0.39 is 0 Å². The molecule has 9 nitrogen and oxygen atoms in total. The fourth-order valence-corrected chi connectivity index (χ4v) is 2.84. The first-order chi connectivity index (χ1) is 12.0. The molecular formula is C16H23N7O2. The Morgan fingerprint density at radius 3 is 2.92 bits per heavy atom. The second-order valence-electron chi connectivity index (χ2n) is 6.34. The largest absolute Gasteiger partial charge is 0.447 e. The minimum Gasteiger partial charge on any atom is -0.447 e. The van der Waals surface area contributed by atoms with Crippen LogP contribution in [-0.2, 0) is 11.3 Å². The van der Waals surface area contributed by atoms with Gasteiger partial charge in [-0.2, -0.15) is 4.98 Å². The summed E-state index contributed by atoms with van der Waals surface area (Å²) in [5, 5.41) is 11.3. The van der Waals surface area contributed by atoms with E-state index in [1.165, 1.54) is 0 Å². The Bertz CT molecular complexity index is 746. The molecule has 0 radical (unpaired) electrons. The van der Waals surface area contributed by atoms with E-state index in [1.807, 2.05) is 18.4 Å². The first kappa shape index (κ1) is 17.1. The van der Waals surface area contributed by atoms with E-state index in [-0.39, 0.29) is 24.1 Å². The molecule has 1 N–H and O–H groups in total. The Kier molecular flexibility index (Phi) is 4.82. The first-order valence-corrected chi connectivity index (χ1v) is 8.44. The van der Waals surface area contributed by atoms with Gasteiger partial charge in [0.25, 0.3) is 0 Å². The zero-order valence-electron chi connectivity index (χ0n) is 14.9. The lowest BCUT2D eigenvalue weighted by atomic mass is 10.0.